The Balaban J connectivity index is 2.16. The maximum absolute atomic E-state index is 12.3. The summed E-state index contributed by atoms with van der Waals surface area (Å²) < 4.78 is 32.2. The van der Waals surface area contributed by atoms with Crippen molar-refractivity contribution < 1.29 is 12.8 Å². The Morgan fingerprint density at radius 1 is 1.30 bits per heavy atom. The molecule has 0 fully saturated rings. The molecule has 0 spiro atoms. The summed E-state index contributed by atoms with van der Waals surface area (Å²) in [5, 5.41) is 3.01. The highest BCUT2D eigenvalue weighted by Gasteiger charge is 2.19. The number of rotatable bonds is 7. The third kappa shape index (κ3) is 3.58. The van der Waals surface area contributed by atoms with E-state index in [9.17, 15) is 8.42 Å². The molecule has 0 aromatic carbocycles. The Labute approximate surface area is 118 Å². The molecule has 108 valence electrons. The highest BCUT2D eigenvalue weighted by molar-refractivity contribution is 7.89. The van der Waals surface area contributed by atoms with E-state index in [2.05, 4.69) is 15.0 Å². The number of nitrogens with zero attached hydrogens (tertiary/aromatic N) is 1. The minimum absolute atomic E-state index is 0.109. The van der Waals surface area contributed by atoms with Gasteiger partial charge in [0.2, 0.25) is 10.0 Å². The van der Waals surface area contributed by atoms with Crippen LogP contribution in [0.25, 0.3) is 0 Å². The van der Waals surface area contributed by atoms with Gasteiger partial charge in [0.25, 0.3) is 0 Å². The van der Waals surface area contributed by atoms with Gasteiger partial charge in [-0.3, -0.25) is 0 Å². The second-order valence-electron chi connectivity index (χ2n) is 4.18. The van der Waals surface area contributed by atoms with Gasteiger partial charge >= 0.3 is 0 Å². The highest BCUT2D eigenvalue weighted by Crippen LogP contribution is 2.18. The fourth-order valence-electron chi connectivity index (χ4n) is 1.64. The second-order valence-corrected chi connectivity index (χ2v) is 5.92. The molecule has 20 heavy (non-hydrogen) atoms. The first kappa shape index (κ1) is 14.5. The zero-order valence-electron chi connectivity index (χ0n) is 11.2. The smallest absolute Gasteiger partial charge is 0.244 e. The lowest BCUT2D eigenvalue weighted by atomic mass is 10.4. The van der Waals surface area contributed by atoms with Crippen LogP contribution in [0.15, 0.2) is 46.0 Å². The van der Waals surface area contributed by atoms with Gasteiger partial charge in [-0.05, 0) is 30.7 Å². The van der Waals surface area contributed by atoms with E-state index in [-0.39, 0.29) is 11.4 Å². The average molecular weight is 295 g/mol. The highest BCUT2D eigenvalue weighted by atomic mass is 32.2. The molecule has 2 aromatic rings. The molecule has 0 amide bonds. The van der Waals surface area contributed by atoms with Gasteiger partial charge in [0.15, 0.2) is 0 Å². The third-order valence-corrected chi connectivity index (χ3v) is 4.05. The fraction of sp³-hybridized carbons (Fsp3) is 0.308. The predicted molar refractivity (Wildman–Crippen MR) is 75.8 cm³/mol. The number of hydrogen-bond donors (Lipinski definition) is 2. The van der Waals surface area contributed by atoms with Gasteiger partial charge in [0.05, 0.1) is 12.8 Å². The SMILES string of the molecule is CCCNc1ncccc1S(=O)(=O)NCc1ccco1. The van der Waals surface area contributed by atoms with E-state index < -0.39 is 10.0 Å². The van der Waals surface area contributed by atoms with Gasteiger partial charge in [-0.2, -0.15) is 0 Å². The number of nitrogens with one attached hydrogen (secondary N) is 2. The van der Waals surface area contributed by atoms with Crippen molar-refractivity contribution in [3.8, 4) is 0 Å². The molecule has 6 nitrogen and oxygen atoms in total. The van der Waals surface area contributed by atoms with Crippen LogP contribution in [0.4, 0.5) is 5.82 Å². The Hall–Kier alpha value is -1.86. The summed E-state index contributed by atoms with van der Waals surface area (Å²) in [6.07, 6.45) is 3.95. The molecular weight excluding hydrogens is 278 g/mol. The van der Waals surface area contributed by atoms with E-state index in [0.717, 1.165) is 6.42 Å². The monoisotopic (exact) mass is 295 g/mol. The molecule has 0 bridgehead atoms. The number of hydrogen-bond acceptors (Lipinski definition) is 5. The Morgan fingerprint density at radius 3 is 2.85 bits per heavy atom. The molecule has 0 aliphatic carbocycles. The fourth-order valence-corrected chi connectivity index (χ4v) is 2.77. The van der Waals surface area contributed by atoms with Gasteiger partial charge in [0, 0.05) is 12.7 Å². The molecule has 2 N–H and O–H groups in total. The van der Waals surface area contributed by atoms with E-state index in [4.69, 9.17) is 4.42 Å². The maximum Gasteiger partial charge on any atom is 0.244 e. The summed E-state index contributed by atoms with van der Waals surface area (Å²) in [6, 6.07) is 6.54. The molecule has 0 radical (unpaired) electrons. The lowest BCUT2D eigenvalue weighted by Gasteiger charge is -2.11. The third-order valence-electron chi connectivity index (χ3n) is 2.62. The predicted octanol–water partition coefficient (Wildman–Crippen LogP) is 1.97. The minimum Gasteiger partial charge on any atom is -0.468 e. The zero-order chi connectivity index (χ0) is 14.4. The molecule has 0 aliphatic rings. The molecule has 2 rings (SSSR count). The summed E-state index contributed by atoms with van der Waals surface area (Å²) >= 11 is 0. The van der Waals surface area contributed by atoms with Crippen LogP contribution in [0.5, 0.6) is 0 Å². The van der Waals surface area contributed by atoms with Crippen LogP contribution in [0, 0.1) is 0 Å². The van der Waals surface area contributed by atoms with Crippen molar-refractivity contribution in [3.63, 3.8) is 0 Å². The Kier molecular flexibility index (Phi) is 4.75. The van der Waals surface area contributed by atoms with Gasteiger partial charge in [0.1, 0.15) is 16.5 Å². The van der Waals surface area contributed by atoms with E-state index in [1.807, 2.05) is 6.92 Å². The van der Waals surface area contributed by atoms with E-state index in [0.29, 0.717) is 18.1 Å². The van der Waals surface area contributed by atoms with Gasteiger partial charge in [-0.1, -0.05) is 6.92 Å². The summed E-state index contributed by atoms with van der Waals surface area (Å²) in [7, 11) is -3.63. The van der Waals surface area contributed by atoms with Crippen LogP contribution in [-0.2, 0) is 16.6 Å². The first-order valence-electron chi connectivity index (χ1n) is 6.34. The quantitative estimate of drug-likeness (QED) is 0.816. The summed E-state index contributed by atoms with van der Waals surface area (Å²) in [6.45, 7) is 2.77. The summed E-state index contributed by atoms with van der Waals surface area (Å²) in [5.74, 6) is 0.918. The number of aromatic nitrogens is 1. The van der Waals surface area contributed by atoms with E-state index >= 15 is 0 Å². The van der Waals surface area contributed by atoms with Crippen LogP contribution < -0.4 is 10.0 Å². The minimum atomic E-state index is -3.63. The molecule has 0 saturated carbocycles. The Bertz CT molecular complexity index is 639. The van der Waals surface area contributed by atoms with Crippen molar-refractivity contribution in [2.45, 2.75) is 24.8 Å². The lowest BCUT2D eigenvalue weighted by molar-refractivity contribution is 0.498. The van der Waals surface area contributed by atoms with Crippen molar-refractivity contribution in [2.75, 3.05) is 11.9 Å². The normalized spacial score (nSPS) is 11.4. The van der Waals surface area contributed by atoms with Crippen molar-refractivity contribution in [2.24, 2.45) is 0 Å². The molecular formula is C13H17N3O3S. The molecule has 2 heterocycles. The van der Waals surface area contributed by atoms with Crippen LogP contribution in [0.3, 0.4) is 0 Å². The van der Waals surface area contributed by atoms with Crippen molar-refractivity contribution in [1.82, 2.24) is 9.71 Å². The molecule has 0 atom stereocenters. The molecule has 7 heteroatoms. The average Bonchev–Trinajstić information content (AvgIpc) is 2.97. The summed E-state index contributed by atoms with van der Waals surface area (Å²) in [4.78, 5) is 4.21. The molecule has 0 unspecified atom stereocenters. The first-order chi connectivity index (χ1) is 9.63. The summed E-state index contributed by atoms with van der Waals surface area (Å²) in [5.41, 5.74) is 0. The second kappa shape index (κ2) is 6.53. The molecule has 2 aromatic heterocycles. The van der Waals surface area contributed by atoms with E-state index in [1.54, 1.807) is 24.4 Å². The topological polar surface area (TPSA) is 84.2 Å². The zero-order valence-corrected chi connectivity index (χ0v) is 12.0. The van der Waals surface area contributed by atoms with E-state index in [1.165, 1.54) is 12.3 Å². The van der Waals surface area contributed by atoms with Crippen molar-refractivity contribution >= 4 is 15.8 Å². The van der Waals surface area contributed by atoms with Crippen LogP contribution in [0.1, 0.15) is 19.1 Å². The largest absolute Gasteiger partial charge is 0.468 e. The molecule has 0 saturated heterocycles. The molecule has 0 aliphatic heterocycles. The first-order valence-corrected chi connectivity index (χ1v) is 7.82. The standard InChI is InChI=1S/C13H17N3O3S/c1-2-7-14-13-12(6-3-8-15-13)20(17,18)16-10-11-5-4-9-19-11/h3-6,8-9,16H,2,7,10H2,1H3,(H,14,15). The van der Waals surface area contributed by atoms with Gasteiger partial charge < -0.3 is 9.73 Å². The van der Waals surface area contributed by atoms with Crippen LogP contribution in [0.2, 0.25) is 0 Å². The lowest BCUT2D eigenvalue weighted by Crippen LogP contribution is -2.24. The van der Waals surface area contributed by atoms with Crippen molar-refractivity contribution in [1.29, 1.82) is 0 Å². The number of anilines is 1. The van der Waals surface area contributed by atoms with Crippen molar-refractivity contribution in [3.05, 3.63) is 42.5 Å². The number of sulfonamides is 1. The number of furan rings is 1. The van der Waals surface area contributed by atoms with Crippen LogP contribution >= 0.6 is 0 Å². The van der Waals surface area contributed by atoms with Crippen LogP contribution in [-0.4, -0.2) is 19.9 Å². The van der Waals surface area contributed by atoms with Gasteiger partial charge in [-0.25, -0.2) is 18.1 Å². The Morgan fingerprint density at radius 2 is 2.15 bits per heavy atom. The van der Waals surface area contributed by atoms with Gasteiger partial charge in [-0.15, -0.1) is 0 Å². The number of pyridine rings is 1. The maximum atomic E-state index is 12.3.